The lowest BCUT2D eigenvalue weighted by molar-refractivity contribution is -0.180. The second kappa shape index (κ2) is 5.35. The molecule has 0 unspecified atom stereocenters. The molecule has 0 saturated heterocycles. The first-order valence-corrected chi connectivity index (χ1v) is 9.34. The van der Waals surface area contributed by atoms with Crippen molar-refractivity contribution in [2.45, 2.75) is 58.3 Å². The van der Waals surface area contributed by atoms with Crippen molar-refractivity contribution in [1.29, 1.82) is 0 Å². The third-order valence-corrected chi connectivity index (χ3v) is 7.98. The third-order valence-electron chi connectivity index (χ3n) is 7.98. The van der Waals surface area contributed by atoms with E-state index < -0.39 is 11.4 Å². The highest BCUT2D eigenvalue weighted by molar-refractivity contribution is 5.75. The standard InChI is InChI=1S/C20H28O4/c1-12-13-4-5-17-19(2,7-3-8-20(17,11-21)18(22)23)15(13)10-16-14(12)6-9-24-16/h6,9,12-13,15,17,21H,3-5,7-8,10-11H2,1-2H3,(H,22,23)/t12-,13-,15-,17-,19-,20-/m1/s1. The topological polar surface area (TPSA) is 70.7 Å². The molecule has 0 aromatic carbocycles. The Balaban J connectivity index is 1.76. The minimum atomic E-state index is -0.954. The van der Waals surface area contributed by atoms with E-state index in [9.17, 15) is 15.0 Å². The monoisotopic (exact) mass is 332 g/mol. The fraction of sp³-hybridized carbons (Fsp3) is 0.750. The van der Waals surface area contributed by atoms with Crippen molar-refractivity contribution in [3.63, 3.8) is 0 Å². The maximum atomic E-state index is 12.1. The Labute approximate surface area is 143 Å². The van der Waals surface area contributed by atoms with Crippen LogP contribution in [0.3, 0.4) is 0 Å². The Hall–Kier alpha value is -1.29. The van der Waals surface area contributed by atoms with Crippen LogP contribution in [0.2, 0.25) is 0 Å². The van der Waals surface area contributed by atoms with Gasteiger partial charge in [0.2, 0.25) is 0 Å². The third kappa shape index (κ3) is 1.92. The van der Waals surface area contributed by atoms with Gasteiger partial charge in [-0.3, -0.25) is 4.79 Å². The van der Waals surface area contributed by atoms with Crippen molar-refractivity contribution in [3.8, 4) is 0 Å². The molecular weight excluding hydrogens is 304 g/mol. The van der Waals surface area contributed by atoms with Crippen LogP contribution in [0, 0.1) is 28.6 Å². The minimum Gasteiger partial charge on any atom is -0.481 e. The van der Waals surface area contributed by atoms with E-state index in [2.05, 4.69) is 19.9 Å². The van der Waals surface area contributed by atoms with Crippen LogP contribution >= 0.6 is 0 Å². The molecule has 132 valence electrons. The molecule has 0 radical (unpaired) electrons. The molecule has 1 aromatic rings. The maximum absolute atomic E-state index is 12.1. The quantitative estimate of drug-likeness (QED) is 0.863. The summed E-state index contributed by atoms with van der Waals surface area (Å²) in [6.45, 7) is 4.36. The average Bonchev–Trinajstić information content (AvgIpc) is 3.03. The van der Waals surface area contributed by atoms with Gasteiger partial charge in [-0.15, -0.1) is 0 Å². The second-order valence-corrected chi connectivity index (χ2v) is 8.67. The molecule has 2 saturated carbocycles. The molecule has 4 nitrogen and oxygen atoms in total. The summed E-state index contributed by atoms with van der Waals surface area (Å²) in [5.41, 5.74) is 0.367. The normalized spacial score (nSPS) is 44.3. The Morgan fingerprint density at radius 3 is 2.88 bits per heavy atom. The van der Waals surface area contributed by atoms with E-state index in [1.807, 2.05) is 0 Å². The van der Waals surface area contributed by atoms with Gasteiger partial charge in [-0.05, 0) is 66.4 Å². The average molecular weight is 332 g/mol. The van der Waals surface area contributed by atoms with Gasteiger partial charge in [0.15, 0.2) is 0 Å². The zero-order chi connectivity index (χ0) is 17.1. The molecule has 2 N–H and O–H groups in total. The zero-order valence-corrected chi connectivity index (χ0v) is 14.6. The van der Waals surface area contributed by atoms with Gasteiger partial charge in [0.25, 0.3) is 0 Å². The van der Waals surface area contributed by atoms with Crippen LogP contribution in [0.25, 0.3) is 0 Å². The largest absolute Gasteiger partial charge is 0.481 e. The number of carboxylic acids is 1. The summed E-state index contributed by atoms with van der Waals surface area (Å²) < 4.78 is 5.76. The van der Waals surface area contributed by atoms with Crippen LogP contribution < -0.4 is 0 Å². The molecule has 24 heavy (non-hydrogen) atoms. The maximum Gasteiger partial charge on any atom is 0.312 e. The molecule has 4 rings (SSSR count). The van der Waals surface area contributed by atoms with Crippen molar-refractivity contribution in [2.75, 3.05) is 6.61 Å². The molecule has 0 amide bonds. The summed E-state index contributed by atoms with van der Waals surface area (Å²) in [6, 6.07) is 2.11. The van der Waals surface area contributed by atoms with E-state index in [1.165, 1.54) is 5.56 Å². The first-order valence-electron chi connectivity index (χ1n) is 9.34. The van der Waals surface area contributed by atoms with E-state index >= 15 is 0 Å². The van der Waals surface area contributed by atoms with E-state index in [-0.39, 0.29) is 17.9 Å². The Morgan fingerprint density at radius 1 is 1.38 bits per heavy atom. The molecule has 1 heterocycles. The van der Waals surface area contributed by atoms with Crippen molar-refractivity contribution in [3.05, 3.63) is 23.7 Å². The summed E-state index contributed by atoms with van der Waals surface area (Å²) in [4.78, 5) is 12.1. The highest BCUT2D eigenvalue weighted by Crippen LogP contribution is 2.64. The van der Waals surface area contributed by atoms with Gasteiger partial charge in [0.05, 0.1) is 18.3 Å². The number of fused-ring (bicyclic) bond motifs is 4. The van der Waals surface area contributed by atoms with Gasteiger partial charge in [-0.2, -0.15) is 0 Å². The molecule has 3 aliphatic carbocycles. The predicted molar refractivity (Wildman–Crippen MR) is 89.6 cm³/mol. The number of rotatable bonds is 2. The summed E-state index contributed by atoms with van der Waals surface area (Å²) in [5, 5.41) is 20.0. The summed E-state index contributed by atoms with van der Waals surface area (Å²) in [7, 11) is 0. The fourth-order valence-electron chi connectivity index (χ4n) is 6.71. The lowest BCUT2D eigenvalue weighted by Gasteiger charge is -2.60. The Kier molecular flexibility index (Phi) is 3.61. The first-order chi connectivity index (χ1) is 11.4. The van der Waals surface area contributed by atoms with Gasteiger partial charge >= 0.3 is 5.97 Å². The minimum absolute atomic E-state index is 0.0268. The number of aliphatic hydroxyl groups is 1. The van der Waals surface area contributed by atoms with Gasteiger partial charge in [0.1, 0.15) is 5.76 Å². The Bertz CT molecular complexity index is 650. The summed E-state index contributed by atoms with van der Waals surface area (Å²) >= 11 is 0. The molecule has 4 heteroatoms. The zero-order valence-electron chi connectivity index (χ0n) is 14.6. The van der Waals surface area contributed by atoms with Crippen LogP contribution in [0.15, 0.2) is 16.7 Å². The smallest absolute Gasteiger partial charge is 0.312 e. The van der Waals surface area contributed by atoms with E-state index in [0.29, 0.717) is 24.2 Å². The number of hydrogen-bond donors (Lipinski definition) is 2. The number of hydrogen-bond acceptors (Lipinski definition) is 3. The van der Waals surface area contributed by atoms with E-state index in [1.54, 1.807) is 6.26 Å². The van der Waals surface area contributed by atoms with Crippen LogP contribution in [0.1, 0.15) is 63.2 Å². The predicted octanol–water partition coefficient (Wildman–Crippen LogP) is 3.84. The molecular formula is C20H28O4. The van der Waals surface area contributed by atoms with Crippen molar-refractivity contribution in [1.82, 2.24) is 0 Å². The number of aliphatic hydroxyl groups excluding tert-OH is 1. The highest BCUT2D eigenvalue weighted by Gasteiger charge is 2.61. The van der Waals surface area contributed by atoms with Gasteiger partial charge in [-0.25, -0.2) is 0 Å². The molecule has 0 bridgehead atoms. The Morgan fingerprint density at radius 2 is 2.17 bits per heavy atom. The number of carbonyl (C=O) groups is 1. The lowest BCUT2D eigenvalue weighted by atomic mass is 9.43. The lowest BCUT2D eigenvalue weighted by Crippen LogP contribution is -2.58. The second-order valence-electron chi connectivity index (χ2n) is 8.67. The number of aliphatic carboxylic acids is 1. The molecule has 2 fully saturated rings. The molecule has 6 atom stereocenters. The van der Waals surface area contributed by atoms with Crippen LogP contribution in [0.5, 0.6) is 0 Å². The summed E-state index contributed by atoms with van der Waals surface area (Å²) in [5.74, 6) is 1.88. The van der Waals surface area contributed by atoms with E-state index in [0.717, 1.165) is 37.9 Å². The first kappa shape index (κ1) is 16.2. The molecule has 3 aliphatic rings. The van der Waals surface area contributed by atoms with Crippen LogP contribution in [-0.2, 0) is 11.2 Å². The SMILES string of the molecule is C[C@H]1c2ccoc2C[C@@H]2[C@@H]1CC[C@H]1[C@@](CO)(C(=O)O)CCC[C@]21C. The highest BCUT2D eigenvalue weighted by atomic mass is 16.4. The van der Waals surface area contributed by atoms with Crippen LogP contribution in [0.4, 0.5) is 0 Å². The number of furan rings is 1. The number of carboxylic acid groups (broad SMARTS) is 1. The molecule has 0 spiro atoms. The fourth-order valence-corrected chi connectivity index (χ4v) is 6.71. The van der Waals surface area contributed by atoms with Crippen molar-refractivity contribution < 1.29 is 19.4 Å². The van der Waals surface area contributed by atoms with E-state index in [4.69, 9.17) is 4.42 Å². The van der Waals surface area contributed by atoms with Crippen molar-refractivity contribution >= 4 is 5.97 Å². The van der Waals surface area contributed by atoms with Gasteiger partial charge in [-0.1, -0.05) is 20.3 Å². The van der Waals surface area contributed by atoms with Gasteiger partial charge in [0, 0.05) is 6.42 Å². The van der Waals surface area contributed by atoms with Crippen molar-refractivity contribution in [2.24, 2.45) is 28.6 Å². The van der Waals surface area contributed by atoms with Crippen LogP contribution in [-0.4, -0.2) is 22.8 Å². The molecule has 0 aliphatic heterocycles. The van der Waals surface area contributed by atoms with Gasteiger partial charge < -0.3 is 14.6 Å². The summed E-state index contributed by atoms with van der Waals surface area (Å²) in [6.07, 6.45) is 7.27. The molecule has 1 aromatic heterocycles.